The number of benzene rings is 2. The van der Waals surface area contributed by atoms with Crippen molar-refractivity contribution < 1.29 is 83.1 Å². The van der Waals surface area contributed by atoms with Crippen molar-refractivity contribution in [3.05, 3.63) is 41.5 Å². The Kier molecular flexibility index (Phi) is 8.96. The highest BCUT2D eigenvalue weighted by Gasteiger charge is 2.53. The van der Waals surface area contributed by atoms with Crippen molar-refractivity contribution >= 4 is 0 Å². The molecule has 0 radical (unpaired) electrons. The highest BCUT2D eigenvalue weighted by atomic mass is 16.7. The number of hydrogen-bond donors (Lipinski definition) is 7. The lowest BCUT2D eigenvalue weighted by atomic mass is 9.84. The molecular weight excluding hydrogens is 656 g/mol. The van der Waals surface area contributed by atoms with Gasteiger partial charge in [-0.2, -0.15) is 0 Å². The van der Waals surface area contributed by atoms with Crippen LogP contribution < -0.4 is 23.7 Å². The molecule has 0 bridgehead atoms. The molecule has 17 heteroatoms. The number of fused-ring (bicyclic) bond motifs is 3. The van der Waals surface area contributed by atoms with E-state index in [9.17, 15) is 35.7 Å². The zero-order chi connectivity index (χ0) is 34.0. The molecule has 6 aliphatic rings. The van der Waals surface area contributed by atoms with Gasteiger partial charge in [-0.25, -0.2) is 0 Å². The van der Waals surface area contributed by atoms with Crippen LogP contribution in [0.2, 0.25) is 0 Å². The summed E-state index contributed by atoms with van der Waals surface area (Å²) in [5, 5.41) is 72.7. The van der Waals surface area contributed by atoms with E-state index in [0.717, 1.165) is 5.56 Å². The molecule has 2 aromatic rings. The summed E-state index contributed by atoms with van der Waals surface area (Å²) in [4.78, 5) is 0. The fraction of sp³-hybridized carbons (Fsp3) is 0.625. The number of aliphatic hydroxyl groups excluding tert-OH is 7. The van der Waals surface area contributed by atoms with Crippen LogP contribution >= 0.6 is 0 Å². The minimum absolute atomic E-state index is 0.0129. The summed E-state index contributed by atoms with van der Waals surface area (Å²) in [5.41, 5.74) is 1.50. The maximum absolute atomic E-state index is 11.2. The van der Waals surface area contributed by atoms with Crippen molar-refractivity contribution in [3.63, 3.8) is 0 Å². The quantitative estimate of drug-likeness (QED) is 0.162. The van der Waals surface area contributed by atoms with Crippen molar-refractivity contribution in [1.29, 1.82) is 0 Å². The third-order valence-corrected chi connectivity index (χ3v) is 10.0. The van der Waals surface area contributed by atoms with E-state index >= 15 is 0 Å². The van der Waals surface area contributed by atoms with E-state index in [4.69, 9.17) is 47.4 Å². The van der Waals surface area contributed by atoms with E-state index < -0.39 is 80.7 Å². The summed E-state index contributed by atoms with van der Waals surface area (Å²) in [6, 6.07) is 9.03. The molecule has 4 saturated heterocycles. The SMILES string of the molecule is OC[C@H]1O[C@@H](O[C@H]2[C@H](O)[C@@H](O)[C@H](Oc3cc4c(cc3[C@H]3OC[C@H]5[C@@H]3CO[C@@H]5c3ccc5c(c3)OCO5)OCO4)O[C@@H]2CO)[C@H](O)[C@@H](O)[C@@H]1O. The predicted molar refractivity (Wildman–Crippen MR) is 157 cm³/mol. The van der Waals surface area contributed by atoms with Gasteiger partial charge >= 0.3 is 0 Å². The van der Waals surface area contributed by atoms with Crippen molar-refractivity contribution in [2.24, 2.45) is 11.8 Å². The van der Waals surface area contributed by atoms with E-state index in [1.165, 1.54) is 0 Å². The molecule has 6 aliphatic heterocycles. The molecular formula is C32H38O17. The molecule has 8 rings (SSSR count). The van der Waals surface area contributed by atoms with Crippen molar-refractivity contribution in [1.82, 2.24) is 0 Å². The maximum Gasteiger partial charge on any atom is 0.231 e. The second-order valence-electron chi connectivity index (χ2n) is 12.8. The van der Waals surface area contributed by atoms with Crippen LogP contribution in [0.1, 0.15) is 23.3 Å². The van der Waals surface area contributed by atoms with Gasteiger partial charge in [0.2, 0.25) is 19.9 Å². The van der Waals surface area contributed by atoms with Crippen molar-refractivity contribution in [2.45, 2.75) is 73.6 Å². The first-order chi connectivity index (χ1) is 23.7. The van der Waals surface area contributed by atoms with Gasteiger partial charge in [0.15, 0.2) is 29.3 Å². The molecule has 0 amide bonds. The summed E-state index contributed by atoms with van der Waals surface area (Å²) in [6.45, 7) is -0.508. The molecule has 17 nitrogen and oxygen atoms in total. The monoisotopic (exact) mass is 694 g/mol. The van der Waals surface area contributed by atoms with E-state index in [1.807, 2.05) is 18.2 Å². The van der Waals surface area contributed by atoms with E-state index in [2.05, 4.69) is 0 Å². The van der Waals surface area contributed by atoms with Crippen LogP contribution in [0.5, 0.6) is 28.7 Å². The maximum atomic E-state index is 11.2. The molecule has 7 N–H and O–H groups in total. The average Bonchev–Trinajstić information content (AvgIpc) is 3.92. The van der Waals surface area contributed by atoms with Crippen molar-refractivity contribution in [2.75, 3.05) is 40.0 Å². The van der Waals surface area contributed by atoms with Gasteiger partial charge in [0.05, 0.1) is 38.6 Å². The molecule has 14 atom stereocenters. The van der Waals surface area contributed by atoms with Crippen LogP contribution in [0, 0.1) is 11.8 Å². The predicted octanol–water partition coefficient (Wildman–Crippen LogP) is -1.78. The smallest absolute Gasteiger partial charge is 0.231 e. The van der Waals surface area contributed by atoms with Gasteiger partial charge in [-0.3, -0.25) is 0 Å². The van der Waals surface area contributed by atoms with Gasteiger partial charge in [0.25, 0.3) is 0 Å². The average molecular weight is 695 g/mol. The van der Waals surface area contributed by atoms with Crippen LogP contribution in [0.4, 0.5) is 0 Å². The molecule has 6 heterocycles. The Morgan fingerprint density at radius 1 is 0.612 bits per heavy atom. The Morgan fingerprint density at radius 3 is 1.96 bits per heavy atom. The van der Waals surface area contributed by atoms with Gasteiger partial charge in [-0.1, -0.05) is 6.07 Å². The summed E-state index contributed by atoms with van der Waals surface area (Å²) in [5.74, 6) is 2.27. The second kappa shape index (κ2) is 13.3. The first-order valence-corrected chi connectivity index (χ1v) is 16.1. The number of ether oxygens (including phenoxy) is 10. The Bertz CT molecular complexity index is 1500. The standard InChI is InChI=1S/C32H38O17/c33-6-21-23(35)24(36)26(38)32(47-21)49-30-22(7-34)48-31(27(39)25(30)37)46-17-5-20-19(44-11-45-20)4-13(17)29-15-9-40-28(14(15)8-41-29)12-1-2-16-18(3-12)43-10-42-16/h1-5,14-15,21-39H,6-11H2/t14-,15-,21+,22+,23+,24-,25+,26+,27+,28+,29+,30+,31+,32-/m0/s1. The Balaban J connectivity index is 1.01. The van der Waals surface area contributed by atoms with Crippen LogP contribution in [0.15, 0.2) is 30.3 Å². The normalized spacial score (nSPS) is 40.8. The topological polar surface area (TPSA) is 234 Å². The third kappa shape index (κ3) is 5.77. The zero-order valence-corrected chi connectivity index (χ0v) is 25.9. The highest BCUT2D eigenvalue weighted by Crippen LogP contribution is 2.54. The second-order valence-corrected chi connectivity index (χ2v) is 12.8. The van der Waals surface area contributed by atoms with E-state index in [1.54, 1.807) is 12.1 Å². The summed E-state index contributed by atoms with van der Waals surface area (Å²) >= 11 is 0. The summed E-state index contributed by atoms with van der Waals surface area (Å²) < 4.78 is 58.0. The van der Waals surface area contributed by atoms with Gasteiger partial charge in [-0.15, -0.1) is 0 Å². The molecule has 0 aromatic heterocycles. The van der Waals surface area contributed by atoms with Crippen LogP contribution in [-0.2, 0) is 23.7 Å². The molecule has 4 fully saturated rings. The summed E-state index contributed by atoms with van der Waals surface area (Å²) in [6.07, 6.45) is -16.7. The molecule has 0 unspecified atom stereocenters. The van der Waals surface area contributed by atoms with E-state index in [-0.39, 0.29) is 37.3 Å². The van der Waals surface area contributed by atoms with Gasteiger partial charge in [-0.05, 0) is 23.8 Å². The van der Waals surface area contributed by atoms with Crippen LogP contribution in [0.3, 0.4) is 0 Å². The zero-order valence-electron chi connectivity index (χ0n) is 25.9. The lowest BCUT2D eigenvalue weighted by Gasteiger charge is -2.46. The molecule has 2 aromatic carbocycles. The van der Waals surface area contributed by atoms with Crippen LogP contribution in [0.25, 0.3) is 0 Å². The minimum atomic E-state index is -1.79. The highest BCUT2D eigenvalue weighted by molar-refractivity contribution is 5.53. The number of aliphatic hydroxyl groups is 7. The van der Waals surface area contributed by atoms with Crippen molar-refractivity contribution in [3.8, 4) is 28.7 Å². The number of rotatable bonds is 8. The minimum Gasteiger partial charge on any atom is -0.461 e. The third-order valence-electron chi connectivity index (χ3n) is 10.0. The van der Waals surface area contributed by atoms with Gasteiger partial charge in [0, 0.05) is 23.5 Å². The Morgan fingerprint density at radius 2 is 1.22 bits per heavy atom. The van der Waals surface area contributed by atoms with Crippen LogP contribution in [-0.4, -0.2) is 137 Å². The first-order valence-electron chi connectivity index (χ1n) is 16.1. The molecule has 49 heavy (non-hydrogen) atoms. The van der Waals surface area contributed by atoms with Gasteiger partial charge in [0.1, 0.15) is 54.6 Å². The molecule has 0 spiro atoms. The summed E-state index contributed by atoms with van der Waals surface area (Å²) in [7, 11) is 0. The van der Waals surface area contributed by atoms with E-state index in [0.29, 0.717) is 41.8 Å². The van der Waals surface area contributed by atoms with Gasteiger partial charge < -0.3 is 83.1 Å². The fourth-order valence-electron chi connectivity index (χ4n) is 7.34. The number of hydrogen-bond acceptors (Lipinski definition) is 17. The molecule has 268 valence electrons. The molecule has 0 aliphatic carbocycles. The lowest BCUT2D eigenvalue weighted by molar-refractivity contribution is -0.352. The fourth-order valence-corrected chi connectivity index (χ4v) is 7.34. The first kappa shape index (κ1) is 33.1. The molecule has 0 saturated carbocycles. The lowest BCUT2D eigenvalue weighted by Crippen LogP contribution is -2.65. The Labute approximate surface area is 278 Å². The largest absolute Gasteiger partial charge is 0.461 e. The Hall–Kier alpha value is -3.04.